The number of nitrogens with one attached hydrogen (secondary N) is 1. The Hall–Kier alpha value is -1.54. The lowest BCUT2D eigenvalue weighted by atomic mass is 10.1. The third-order valence-corrected chi connectivity index (χ3v) is 2.66. The summed E-state index contributed by atoms with van der Waals surface area (Å²) in [7, 11) is 0. The second-order valence-electron chi connectivity index (χ2n) is 4.11. The van der Waals surface area contributed by atoms with E-state index < -0.39 is 0 Å². The maximum Gasteiger partial charge on any atom is 0.120 e. The second kappa shape index (κ2) is 4.99. The van der Waals surface area contributed by atoms with Crippen LogP contribution in [0.2, 0.25) is 0 Å². The number of aryl methyl sites for hydroxylation is 1. The fraction of sp³-hybridized carbons (Fsp3) is 0.286. The molecule has 0 saturated carbocycles. The summed E-state index contributed by atoms with van der Waals surface area (Å²) in [6.45, 7) is 5.08. The first kappa shape index (κ1) is 11.0. The Morgan fingerprint density at radius 2 is 2.12 bits per heavy atom. The molecule has 1 heterocycles. The summed E-state index contributed by atoms with van der Waals surface area (Å²) in [4.78, 5) is 0. The molecule has 16 heavy (non-hydrogen) atoms. The number of hydrogen-bond donors (Lipinski definition) is 1. The fourth-order valence-electron chi connectivity index (χ4n) is 1.73. The zero-order valence-electron chi connectivity index (χ0n) is 9.73. The maximum atomic E-state index is 5.34. The van der Waals surface area contributed by atoms with Crippen molar-refractivity contribution in [2.24, 2.45) is 0 Å². The van der Waals surface area contributed by atoms with Gasteiger partial charge in [0.15, 0.2) is 0 Å². The Morgan fingerprint density at radius 1 is 1.25 bits per heavy atom. The van der Waals surface area contributed by atoms with E-state index in [2.05, 4.69) is 43.4 Å². The summed E-state index contributed by atoms with van der Waals surface area (Å²) >= 11 is 0. The largest absolute Gasteiger partial charge is 0.468 e. The maximum absolute atomic E-state index is 5.34. The predicted octanol–water partition coefficient (Wildman–Crippen LogP) is 3.44. The summed E-state index contributed by atoms with van der Waals surface area (Å²) in [6, 6.07) is 12.7. The number of hydrogen-bond acceptors (Lipinski definition) is 2. The normalized spacial score (nSPS) is 12.6. The molecule has 2 rings (SSSR count). The summed E-state index contributed by atoms with van der Waals surface area (Å²) in [6.07, 6.45) is 1.71. The van der Waals surface area contributed by atoms with E-state index in [0.717, 1.165) is 12.3 Å². The Labute approximate surface area is 96.3 Å². The molecule has 0 aliphatic heterocycles. The molecule has 2 heteroatoms. The van der Waals surface area contributed by atoms with Crippen molar-refractivity contribution in [3.63, 3.8) is 0 Å². The van der Waals surface area contributed by atoms with Gasteiger partial charge in [0.2, 0.25) is 0 Å². The molecule has 0 spiro atoms. The van der Waals surface area contributed by atoms with Crippen LogP contribution < -0.4 is 5.32 Å². The first-order chi connectivity index (χ1) is 7.75. The first-order valence-corrected chi connectivity index (χ1v) is 5.58. The molecule has 0 radical (unpaired) electrons. The van der Waals surface area contributed by atoms with Gasteiger partial charge in [0.05, 0.1) is 12.3 Å². The molecule has 0 saturated heterocycles. The molecule has 0 bridgehead atoms. The van der Waals surface area contributed by atoms with Crippen LogP contribution in [-0.4, -0.2) is 0 Å². The van der Waals surface area contributed by atoms with Crippen LogP contribution in [0.4, 0.5) is 0 Å². The highest BCUT2D eigenvalue weighted by molar-refractivity contribution is 5.22. The second-order valence-corrected chi connectivity index (χ2v) is 4.11. The van der Waals surface area contributed by atoms with Crippen molar-refractivity contribution in [3.8, 4) is 0 Å². The lowest BCUT2D eigenvalue weighted by Crippen LogP contribution is -2.17. The fourth-order valence-corrected chi connectivity index (χ4v) is 1.73. The standard InChI is InChI=1S/C14H17NO/c1-11-5-3-6-13(9-11)10-15-12(2)14-7-4-8-16-14/h3-9,12,15H,10H2,1-2H3/t12-/m1/s1. The lowest BCUT2D eigenvalue weighted by Gasteiger charge is -2.11. The number of benzene rings is 1. The van der Waals surface area contributed by atoms with Crippen LogP contribution in [0.25, 0.3) is 0 Å². The van der Waals surface area contributed by atoms with Crippen LogP contribution in [0.1, 0.15) is 29.9 Å². The summed E-state index contributed by atoms with van der Waals surface area (Å²) in [5, 5.41) is 3.43. The smallest absolute Gasteiger partial charge is 0.120 e. The minimum Gasteiger partial charge on any atom is -0.468 e. The van der Waals surface area contributed by atoms with E-state index in [1.54, 1.807) is 6.26 Å². The quantitative estimate of drug-likeness (QED) is 0.845. The van der Waals surface area contributed by atoms with Crippen molar-refractivity contribution in [3.05, 3.63) is 59.5 Å². The molecule has 1 aromatic heterocycles. The van der Waals surface area contributed by atoms with Crippen molar-refractivity contribution >= 4 is 0 Å². The van der Waals surface area contributed by atoms with E-state index in [1.807, 2.05) is 12.1 Å². The molecule has 2 aromatic rings. The Balaban J connectivity index is 1.92. The van der Waals surface area contributed by atoms with Gasteiger partial charge >= 0.3 is 0 Å². The zero-order valence-corrected chi connectivity index (χ0v) is 9.73. The van der Waals surface area contributed by atoms with E-state index in [4.69, 9.17) is 4.42 Å². The van der Waals surface area contributed by atoms with Gasteiger partial charge in [0.1, 0.15) is 5.76 Å². The van der Waals surface area contributed by atoms with Gasteiger partial charge in [-0.3, -0.25) is 0 Å². The van der Waals surface area contributed by atoms with Gasteiger partial charge in [0, 0.05) is 6.54 Å². The molecule has 1 atom stereocenters. The molecule has 0 fully saturated rings. The molecule has 0 unspecified atom stereocenters. The highest BCUT2D eigenvalue weighted by atomic mass is 16.3. The number of rotatable bonds is 4. The van der Waals surface area contributed by atoms with E-state index in [9.17, 15) is 0 Å². The third-order valence-electron chi connectivity index (χ3n) is 2.66. The van der Waals surface area contributed by atoms with Crippen molar-refractivity contribution in [1.82, 2.24) is 5.32 Å². The highest BCUT2D eigenvalue weighted by Crippen LogP contribution is 2.13. The zero-order chi connectivity index (χ0) is 11.4. The average Bonchev–Trinajstić information content (AvgIpc) is 2.79. The van der Waals surface area contributed by atoms with Crippen molar-refractivity contribution in [2.75, 3.05) is 0 Å². The molecule has 84 valence electrons. The predicted molar refractivity (Wildman–Crippen MR) is 65.1 cm³/mol. The topological polar surface area (TPSA) is 25.2 Å². The van der Waals surface area contributed by atoms with E-state index in [1.165, 1.54) is 11.1 Å². The third kappa shape index (κ3) is 2.74. The van der Waals surface area contributed by atoms with E-state index in [0.29, 0.717) is 0 Å². The van der Waals surface area contributed by atoms with Gasteiger partial charge in [-0.05, 0) is 31.5 Å². The van der Waals surface area contributed by atoms with Gasteiger partial charge in [-0.25, -0.2) is 0 Å². The Bertz CT molecular complexity index is 434. The minimum atomic E-state index is 0.246. The average molecular weight is 215 g/mol. The highest BCUT2D eigenvalue weighted by Gasteiger charge is 2.06. The van der Waals surface area contributed by atoms with E-state index in [-0.39, 0.29) is 6.04 Å². The van der Waals surface area contributed by atoms with Crippen molar-refractivity contribution < 1.29 is 4.42 Å². The molecule has 0 aliphatic carbocycles. The molecule has 1 N–H and O–H groups in total. The van der Waals surface area contributed by atoms with Crippen LogP contribution in [0.3, 0.4) is 0 Å². The van der Waals surface area contributed by atoms with Gasteiger partial charge < -0.3 is 9.73 Å². The van der Waals surface area contributed by atoms with Gasteiger partial charge in [-0.15, -0.1) is 0 Å². The summed E-state index contributed by atoms with van der Waals surface area (Å²) in [5.41, 5.74) is 2.60. The summed E-state index contributed by atoms with van der Waals surface area (Å²) in [5.74, 6) is 0.979. The summed E-state index contributed by atoms with van der Waals surface area (Å²) < 4.78 is 5.34. The van der Waals surface area contributed by atoms with Crippen LogP contribution in [-0.2, 0) is 6.54 Å². The minimum absolute atomic E-state index is 0.246. The van der Waals surface area contributed by atoms with Crippen LogP contribution in [0, 0.1) is 6.92 Å². The van der Waals surface area contributed by atoms with Crippen LogP contribution in [0.5, 0.6) is 0 Å². The van der Waals surface area contributed by atoms with Crippen LogP contribution in [0.15, 0.2) is 47.1 Å². The van der Waals surface area contributed by atoms with Gasteiger partial charge in [-0.1, -0.05) is 29.8 Å². The number of furan rings is 1. The van der Waals surface area contributed by atoms with Crippen molar-refractivity contribution in [2.45, 2.75) is 26.4 Å². The van der Waals surface area contributed by atoms with Gasteiger partial charge in [0.25, 0.3) is 0 Å². The Kier molecular flexibility index (Phi) is 3.42. The SMILES string of the molecule is Cc1cccc(CN[C@H](C)c2ccco2)c1. The van der Waals surface area contributed by atoms with Gasteiger partial charge in [-0.2, -0.15) is 0 Å². The molecule has 0 aliphatic rings. The van der Waals surface area contributed by atoms with E-state index >= 15 is 0 Å². The first-order valence-electron chi connectivity index (χ1n) is 5.58. The molecule has 2 nitrogen and oxygen atoms in total. The van der Waals surface area contributed by atoms with Crippen LogP contribution >= 0.6 is 0 Å². The molecular weight excluding hydrogens is 198 g/mol. The van der Waals surface area contributed by atoms with Crippen molar-refractivity contribution in [1.29, 1.82) is 0 Å². The molecule has 1 aromatic carbocycles. The molecular formula is C14H17NO. The molecule has 0 amide bonds. The lowest BCUT2D eigenvalue weighted by molar-refractivity contribution is 0.430. The monoisotopic (exact) mass is 215 g/mol. The Morgan fingerprint density at radius 3 is 2.81 bits per heavy atom.